The highest BCUT2D eigenvalue weighted by atomic mass is 16.5. The molecule has 2 aromatic rings. The summed E-state index contributed by atoms with van der Waals surface area (Å²) in [6.45, 7) is 1.79. The number of terminal acetylenes is 1. The van der Waals surface area contributed by atoms with Crippen LogP contribution in [0.15, 0.2) is 46.6 Å². The lowest BCUT2D eigenvalue weighted by Gasteiger charge is -2.06. The van der Waals surface area contributed by atoms with Crippen LogP contribution in [0.5, 0.6) is 5.75 Å². The van der Waals surface area contributed by atoms with Crippen molar-refractivity contribution in [3.63, 3.8) is 0 Å². The minimum atomic E-state index is -0.388. The fourth-order valence-corrected chi connectivity index (χ4v) is 1.92. The van der Waals surface area contributed by atoms with Gasteiger partial charge in [-0.2, -0.15) is 5.26 Å². The number of carbonyl (C=O) groups excluding carboxylic acids is 1. The number of hydrogen-bond acceptors (Lipinski definition) is 4. The van der Waals surface area contributed by atoms with Crippen LogP contribution in [0.2, 0.25) is 0 Å². The summed E-state index contributed by atoms with van der Waals surface area (Å²) in [6.07, 6.45) is 8.08. The number of hydrogen-bond donors (Lipinski definition) is 0. The summed E-state index contributed by atoms with van der Waals surface area (Å²) < 4.78 is 10.5. The number of benzene rings is 1. The Kier molecular flexibility index (Phi) is 4.80. The highest BCUT2D eigenvalue weighted by molar-refractivity contribution is 6.14. The van der Waals surface area contributed by atoms with Crippen molar-refractivity contribution in [1.82, 2.24) is 0 Å². The molecule has 4 nitrogen and oxygen atoms in total. The molecule has 108 valence electrons. The first kappa shape index (κ1) is 15.2. The van der Waals surface area contributed by atoms with Gasteiger partial charge in [-0.05, 0) is 25.1 Å². The Bertz CT molecular complexity index is 800. The zero-order valence-electron chi connectivity index (χ0n) is 12.0. The Morgan fingerprint density at radius 1 is 1.41 bits per heavy atom. The number of allylic oxidation sites excluding steroid dienone is 1. The van der Waals surface area contributed by atoms with Gasteiger partial charge in [0, 0.05) is 5.56 Å². The molecule has 0 aliphatic carbocycles. The van der Waals surface area contributed by atoms with Crippen molar-refractivity contribution in [2.24, 2.45) is 0 Å². The Labute approximate surface area is 128 Å². The van der Waals surface area contributed by atoms with E-state index in [2.05, 4.69) is 5.92 Å². The van der Waals surface area contributed by atoms with Gasteiger partial charge in [-0.15, -0.1) is 6.42 Å². The van der Waals surface area contributed by atoms with Crippen molar-refractivity contribution in [2.45, 2.75) is 6.92 Å². The smallest absolute Gasteiger partial charge is 0.207 e. The van der Waals surface area contributed by atoms with Crippen LogP contribution in [0.1, 0.15) is 21.7 Å². The van der Waals surface area contributed by atoms with Crippen molar-refractivity contribution in [3.8, 4) is 24.2 Å². The van der Waals surface area contributed by atoms with E-state index in [4.69, 9.17) is 15.6 Å². The maximum Gasteiger partial charge on any atom is 0.207 e. The number of carbonyl (C=O) groups is 1. The molecule has 2 rings (SSSR count). The summed E-state index contributed by atoms with van der Waals surface area (Å²) in [5.74, 6) is 2.98. The van der Waals surface area contributed by atoms with Crippen LogP contribution in [-0.4, -0.2) is 12.4 Å². The lowest BCUT2D eigenvalue weighted by Crippen LogP contribution is -2.03. The van der Waals surface area contributed by atoms with Crippen LogP contribution in [0, 0.1) is 30.6 Å². The molecule has 0 aliphatic rings. The number of furan rings is 1. The molecule has 22 heavy (non-hydrogen) atoms. The molecule has 0 saturated heterocycles. The summed E-state index contributed by atoms with van der Waals surface area (Å²) in [7, 11) is 0. The van der Waals surface area contributed by atoms with Crippen molar-refractivity contribution in [2.75, 3.05) is 6.61 Å². The minimum Gasteiger partial charge on any atom is -0.480 e. The largest absolute Gasteiger partial charge is 0.480 e. The Morgan fingerprint density at radius 2 is 2.18 bits per heavy atom. The third kappa shape index (κ3) is 3.26. The zero-order chi connectivity index (χ0) is 15.9. The van der Waals surface area contributed by atoms with Gasteiger partial charge in [-0.3, -0.25) is 4.79 Å². The van der Waals surface area contributed by atoms with Gasteiger partial charge < -0.3 is 9.15 Å². The number of rotatable bonds is 5. The number of Topliss-reactive ketones (excluding diaryl/α,β-unsaturated/α-hetero) is 1. The Balaban J connectivity index is 2.38. The lowest BCUT2D eigenvalue weighted by molar-refractivity contribution is 0.103. The van der Waals surface area contributed by atoms with Gasteiger partial charge in [-0.25, -0.2) is 0 Å². The van der Waals surface area contributed by atoms with E-state index in [1.165, 1.54) is 12.3 Å². The molecule has 0 amide bonds. The van der Waals surface area contributed by atoms with Gasteiger partial charge in [0.1, 0.15) is 29.8 Å². The summed E-state index contributed by atoms with van der Waals surface area (Å²) in [5, 5.41) is 9.27. The molecular weight excluding hydrogens is 278 g/mol. The van der Waals surface area contributed by atoms with Crippen LogP contribution < -0.4 is 4.74 Å². The topological polar surface area (TPSA) is 63.2 Å². The van der Waals surface area contributed by atoms with Crippen molar-refractivity contribution < 1.29 is 13.9 Å². The standard InChI is InChI=1S/C18H13NO3/c1-3-9-22-17-7-5-4-6-14(17)11-15(12-19)18(20)16-8-10-21-13(16)2/h1,4-8,10-11H,9H2,2H3/b15-11+. The van der Waals surface area contributed by atoms with E-state index in [1.807, 2.05) is 6.07 Å². The van der Waals surface area contributed by atoms with Crippen molar-refractivity contribution >= 4 is 11.9 Å². The highest BCUT2D eigenvalue weighted by Gasteiger charge is 2.17. The van der Waals surface area contributed by atoms with Gasteiger partial charge in [0.25, 0.3) is 0 Å². The molecule has 0 unspecified atom stereocenters. The summed E-state index contributed by atoms with van der Waals surface area (Å²) >= 11 is 0. The van der Waals surface area contributed by atoms with E-state index >= 15 is 0 Å². The van der Waals surface area contributed by atoms with Gasteiger partial charge in [0.2, 0.25) is 5.78 Å². The maximum absolute atomic E-state index is 12.4. The molecule has 0 N–H and O–H groups in total. The second-order valence-corrected chi connectivity index (χ2v) is 4.42. The van der Waals surface area contributed by atoms with Crippen LogP contribution in [0.25, 0.3) is 6.08 Å². The average molecular weight is 291 g/mol. The van der Waals surface area contributed by atoms with Crippen LogP contribution >= 0.6 is 0 Å². The molecule has 0 atom stereocenters. The van der Waals surface area contributed by atoms with Crippen LogP contribution in [0.3, 0.4) is 0 Å². The third-order valence-electron chi connectivity index (χ3n) is 3.00. The molecular formula is C18H13NO3. The molecule has 0 spiro atoms. The van der Waals surface area contributed by atoms with Gasteiger partial charge >= 0.3 is 0 Å². The van der Waals surface area contributed by atoms with E-state index in [9.17, 15) is 10.1 Å². The quantitative estimate of drug-likeness (QED) is 0.366. The molecule has 4 heteroatoms. The molecule has 1 heterocycles. The van der Waals surface area contributed by atoms with E-state index in [0.29, 0.717) is 22.6 Å². The fraction of sp³-hybridized carbons (Fsp3) is 0.111. The van der Waals surface area contributed by atoms with E-state index in [-0.39, 0.29) is 18.0 Å². The van der Waals surface area contributed by atoms with Crippen LogP contribution in [-0.2, 0) is 0 Å². The normalized spacial score (nSPS) is 10.6. The number of para-hydroxylation sites is 1. The number of ketones is 1. The molecule has 0 aliphatic heterocycles. The van der Waals surface area contributed by atoms with Crippen molar-refractivity contribution in [3.05, 3.63) is 59.1 Å². The summed E-state index contributed by atoms with van der Waals surface area (Å²) in [5.41, 5.74) is 0.986. The predicted molar refractivity (Wildman–Crippen MR) is 82.1 cm³/mol. The molecule has 0 fully saturated rings. The Hall–Kier alpha value is -3.24. The van der Waals surface area contributed by atoms with E-state index < -0.39 is 0 Å². The van der Waals surface area contributed by atoms with E-state index in [0.717, 1.165) is 0 Å². The molecule has 0 saturated carbocycles. The van der Waals surface area contributed by atoms with Gasteiger partial charge in [0.05, 0.1) is 11.8 Å². The summed E-state index contributed by atoms with van der Waals surface area (Å²) in [6, 6.07) is 10.5. The first-order valence-electron chi connectivity index (χ1n) is 6.53. The van der Waals surface area contributed by atoms with Gasteiger partial charge in [-0.1, -0.05) is 24.1 Å². The zero-order valence-corrected chi connectivity index (χ0v) is 12.0. The van der Waals surface area contributed by atoms with Crippen LogP contribution in [0.4, 0.5) is 0 Å². The lowest BCUT2D eigenvalue weighted by atomic mass is 10.0. The summed E-state index contributed by atoms with van der Waals surface area (Å²) in [4.78, 5) is 12.4. The predicted octanol–water partition coefficient (Wildman–Crippen LogP) is 3.39. The highest BCUT2D eigenvalue weighted by Crippen LogP contribution is 2.23. The maximum atomic E-state index is 12.4. The first-order chi connectivity index (χ1) is 10.7. The number of nitrogens with zero attached hydrogens (tertiary/aromatic N) is 1. The SMILES string of the molecule is C#CCOc1ccccc1/C=C(\C#N)C(=O)c1ccoc1C. The second kappa shape index (κ2) is 6.97. The molecule has 1 aromatic heterocycles. The number of ether oxygens (including phenoxy) is 1. The Morgan fingerprint density at radius 3 is 2.82 bits per heavy atom. The molecule has 1 aromatic carbocycles. The number of nitriles is 1. The van der Waals surface area contributed by atoms with Gasteiger partial charge in [0.15, 0.2) is 0 Å². The molecule has 0 radical (unpaired) electrons. The molecule has 0 bridgehead atoms. The average Bonchev–Trinajstić information content (AvgIpc) is 2.97. The number of aryl methyl sites for hydroxylation is 1. The monoisotopic (exact) mass is 291 g/mol. The minimum absolute atomic E-state index is 0.00116. The second-order valence-electron chi connectivity index (χ2n) is 4.42. The fourth-order valence-electron chi connectivity index (χ4n) is 1.92. The van der Waals surface area contributed by atoms with E-state index in [1.54, 1.807) is 37.3 Å². The van der Waals surface area contributed by atoms with Crippen molar-refractivity contribution in [1.29, 1.82) is 5.26 Å². The third-order valence-corrected chi connectivity index (χ3v) is 3.00. The first-order valence-corrected chi connectivity index (χ1v) is 6.53.